The Morgan fingerprint density at radius 1 is 1.00 bits per heavy atom. The molecule has 0 aliphatic carbocycles. The first-order chi connectivity index (χ1) is 13.1. The molecule has 5 nitrogen and oxygen atoms in total. The molecule has 1 atom stereocenters. The fourth-order valence-electron chi connectivity index (χ4n) is 3.11. The van der Waals surface area contributed by atoms with Gasteiger partial charge in [0, 0.05) is 12.1 Å². The molecule has 0 fully saturated rings. The standard InChI is InChI=1S/C22H18O5/c23-16-8-6-15(7-9-16)20-12-19(25)22-18(24)10-17(11-21(22)27-20)26-13-14-4-2-1-3-5-14/h1-11,20,23-24H,12-13H2. The second-order valence-electron chi connectivity index (χ2n) is 6.42. The van der Waals surface area contributed by atoms with Gasteiger partial charge in [0.25, 0.3) is 0 Å². The number of fused-ring (bicyclic) bond motifs is 1. The maximum absolute atomic E-state index is 12.5. The highest BCUT2D eigenvalue weighted by atomic mass is 16.5. The maximum Gasteiger partial charge on any atom is 0.174 e. The van der Waals surface area contributed by atoms with E-state index in [1.54, 1.807) is 30.3 Å². The highest BCUT2D eigenvalue weighted by molar-refractivity contribution is 6.02. The van der Waals surface area contributed by atoms with Gasteiger partial charge in [0.05, 0.1) is 6.42 Å². The van der Waals surface area contributed by atoms with E-state index in [0.717, 1.165) is 11.1 Å². The molecule has 0 spiro atoms. The Bertz CT molecular complexity index is 964. The number of ketones is 1. The van der Waals surface area contributed by atoms with Gasteiger partial charge in [0.1, 0.15) is 41.3 Å². The summed E-state index contributed by atoms with van der Waals surface area (Å²) in [6.45, 7) is 0.342. The van der Waals surface area contributed by atoms with Crippen molar-refractivity contribution in [1.82, 2.24) is 0 Å². The van der Waals surface area contributed by atoms with E-state index in [2.05, 4.69) is 0 Å². The Labute approximate surface area is 156 Å². The number of benzene rings is 3. The third kappa shape index (κ3) is 3.58. The minimum atomic E-state index is -0.477. The highest BCUT2D eigenvalue weighted by Crippen LogP contribution is 2.42. The largest absolute Gasteiger partial charge is 0.508 e. The van der Waals surface area contributed by atoms with E-state index in [0.29, 0.717) is 18.1 Å². The molecule has 0 saturated carbocycles. The lowest BCUT2D eigenvalue weighted by atomic mass is 9.95. The number of rotatable bonds is 4. The van der Waals surface area contributed by atoms with Crippen molar-refractivity contribution in [2.75, 3.05) is 0 Å². The molecule has 3 aromatic carbocycles. The molecule has 3 aromatic rings. The van der Waals surface area contributed by atoms with Crippen molar-refractivity contribution in [2.24, 2.45) is 0 Å². The summed E-state index contributed by atoms with van der Waals surface area (Å²) < 4.78 is 11.7. The molecular formula is C22H18O5. The Kier molecular flexibility index (Phi) is 4.42. The van der Waals surface area contributed by atoms with Crippen LogP contribution in [0.4, 0.5) is 0 Å². The quantitative estimate of drug-likeness (QED) is 0.720. The molecule has 1 unspecified atom stereocenters. The molecule has 0 aromatic heterocycles. The summed E-state index contributed by atoms with van der Waals surface area (Å²) in [5, 5.41) is 19.7. The molecule has 27 heavy (non-hydrogen) atoms. The summed E-state index contributed by atoms with van der Waals surface area (Å²) in [5.41, 5.74) is 1.95. The van der Waals surface area contributed by atoms with Crippen LogP contribution in [-0.4, -0.2) is 16.0 Å². The monoisotopic (exact) mass is 362 g/mol. The highest BCUT2D eigenvalue weighted by Gasteiger charge is 2.31. The number of carbonyl (C=O) groups is 1. The van der Waals surface area contributed by atoms with Crippen molar-refractivity contribution in [2.45, 2.75) is 19.1 Å². The van der Waals surface area contributed by atoms with Gasteiger partial charge < -0.3 is 19.7 Å². The predicted molar refractivity (Wildman–Crippen MR) is 99.3 cm³/mol. The molecule has 0 amide bonds. The topological polar surface area (TPSA) is 76.0 Å². The molecule has 4 rings (SSSR count). The number of carbonyl (C=O) groups excluding carboxylic acids is 1. The molecule has 1 aliphatic heterocycles. The lowest BCUT2D eigenvalue weighted by Gasteiger charge is -2.26. The van der Waals surface area contributed by atoms with Gasteiger partial charge in [-0.25, -0.2) is 0 Å². The van der Waals surface area contributed by atoms with E-state index < -0.39 is 6.10 Å². The zero-order valence-corrected chi connectivity index (χ0v) is 14.5. The summed E-state index contributed by atoms with van der Waals surface area (Å²) in [6, 6.07) is 19.3. The molecule has 2 N–H and O–H groups in total. The number of ether oxygens (including phenoxy) is 2. The second-order valence-corrected chi connectivity index (χ2v) is 6.42. The van der Waals surface area contributed by atoms with Gasteiger partial charge in [-0.1, -0.05) is 42.5 Å². The average Bonchev–Trinajstić information content (AvgIpc) is 2.67. The Morgan fingerprint density at radius 3 is 2.48 bits per heavy atom. The van der Waals surface area contributed by atoms with Crippen molar-refractivity contribution in [3.63, 3.8) is 0 Å². The van der Waals surface area contributed by atoms with E-state index in [1.165, 1.54) is 6.07 Å². The van der Waals surface area contributed by atoms with Crippen LogP contribution in [0, 0.1) is 0 Å². The third-order valence-electron chi connectivity index (χ3n) is 4.49. The molecule has 0 saturated heterocycles. The van der Waals surface area contributed by atoms with Crippen molar-refractivity contribution in [3.05, 3.63) is 83.4 Å². The molecule has 5 heteroatoms. The van der Waals surface area contributed by atoms with Gasteiger partial charge in [-0.15, -0.1) is 0 Å². The van der Waals surface area contributed by atoms with E-state index in [-0.39, 0.29) is 29.3 Å². The van der Waals surface area contributed by atoms with E-state index in [9.17, 15) is 15.0 Å². The zero-order chi connectivity index (χ0) is 18.8. The van der Waals surface area contributed by atoms with Crippen molar-refractivity contribution < 1.29 is 24.5 Å². The fourth-order valence-corrected chi connectivity index (χ4v) is 3.11. The number of phenolic OH excluding ortho intramolecular Hbond substituents is 2. The van der Waals surface area contributed by atoms with Gasteiger partial charge in [-0.2, -0.15) is 0 Å². The molecule has 1 heterocycles. The van der Waals surface area contributed by atoms with E-state index >= 15 is 0 Å². The number of hydrogen-bond donors (Lipinski definition) is 2. The zero-order valence-electron chi connectivity index (χ0n) is 14.5. The summed E-state index contributed by atoms with van der Waals surface area (Å²) in [5.74, 6) is 0.531. The average molecular weight is 362 g/mol. The van der Waals surface area contributed by atoms with Gasteiger partial charge in [0.2, 0.25) is 0 Å². The van der Waals surface area contributed by atoms with Crippen LogP contribution in [0.5, 0.6) is 23.0 Å². The lowest BCUT2D eigenvalue weighted by molar-refractivity contribution is 0.0844. The molecular weight excluding hydrogens is 344 g/mol. The Morgan fingerprint density at radius 2 is 1.74 bits per heavy atom. The van der Waals surface area contributed by atoms with Gasteiger partial charge >= 0.3 is 0 Å². The normalized spacial score (nSPS) is 15.7. The number of aromatic hydroxyl groups is 2. The van der Waals surface area contributed by atoms with Crippen LogP contribution >= 0.6 is 0 Å². The number of Topliss-reactive ketones (excluding diaryl/α,β-unsaturated/α-hetero) is 1. The van der Waals surface area contributed by atoms with Crippen molar-refractivity contribution >= 4 is 5.78 Å². The maximum atomic E-state index is 12.5. The number of hydrogen-bond acceptors (Lipinski definition) is 5. The van der Waals surface area contributed by atoms with E-state index in [4.69, 9.17) is 9.47 Å². The van der Waals surface area contributed by atoms with Crippen LogP contribution < -0.4 is 9.47 Å². The van der Waals surface area contributed by atoms with Crippen LogP contribution in [0.1, 0.15) is 34.0 Å². The van der Waals surface area contributed by atoms with Gasteiger partial charge in [-0.05, 0) is 23.3 Å². The van der Waals surface area contributed by atoms with Crippen LogP contribution in [0.3, 0.4) is 0 Å². The second kappa shape index (κ2) is 7.03. The Balaban J connectivity index is 1.59. The molecule has 0 bridgehead atoms. The van der Waals surface area contributed by atoms with Gasteiger partial charge in [-0.3, -0.25) is 4.79 Å². The number of phenols is 2. The SMILES string of the molecule is O=C1CC(c2ccc(O)cc2)Oc2cc(OCc3ccccc3)cc(O)c21. The summed E-state index contributed by atoms with van der Waals surface area (Å²) in [4.78, 5) is 12.5. The van der Waals surface area contributed by atoms with Crippen LogP contribution in [0.15, 0.2) is 66.7 Å². The first kappa shape index (κ1) is 17.0. The van der Waals surface area contributed by atoms with E-state index in [1.807, 2.05) is 30.3 Å². The summed E-state index contributed by atoms with van der Waals surface area (Å²) in [6.07, 6.45) is -0.357. The lowest BCUT2D eigenvalue weighted by Crippen LogP contribution is -2.20. The first-order valence-corrected chi connectivity index (χ1v) is 8.62. The summed E-state index contributed by atoms with van der Waals surface area (Å²) in [7, 11) is 0. The minimum absolute atomic E-state index is 0.121. The van der Waals surface area contributed by atoms with Crippen LogP contribution in [0.25, 0.3) is 0 Å². The third-order valence-corrected chi connectivity index (χ3v) is 4.49. The van der Waals surface area contributed by atoms with Gasteiger partial charge in [0.15, 0.2) is 5.78 Å². The van der Waals surface area contributed by atoms with Crippen LogP contribution in [-0.2, 0) is 6.61 Å². The fraction of sp³-hybridized carbons (Fsp3) is 0.136. The predicted octanol–water partition coefficient (Wildman–Crippen LogP) is 4.38. The first-order valence-electron chi connectivity index (χ1n) is 8.62. The van der Waals surface area contributed by atoms with Crippen molar-refractivity contribution in [3.8, 4) is 23.0 Å². The van der Waals surface area contributed by atoms with Crippen molar-refractivity contribution in [1.29, 1.82) is 0 Å². The minimum Gasteiger partial charge on any atom is -0.508 e. The molecule has 136 valence electrons. The molecule has 1 aliphatic rings. The summed E-state index contributed by atoms with van der Waals surface area (Å²) >= 11 is 0. The smallest absolute Gasteiger partial charge is 0.174 e. The Hall–Kier alpha value is -3.47. The molecule has 0 radical (unpaired) electrons. The van der Waals surface area contributed by atoms with Crippen LogP contribution in [0.2, 0.25) is 0 Å².